The molecule has 3 aromatic carbocycles. The van der Waals surface area contributed by atoms with Crippen LogP contribution in [0.15, 0.2) is 78.9 Å². The molecule has 0 bridgehead atoms. The van der Waals surface area contributed by atoms with E-state index in [0.29, 0.717) is 6.42 Å². The molecule has 0 saturated heterocycles. The van der Waals surface area contributed by atoms with Gasteiger partial charge in [-0.05, 0) is 56.2 Å². The highest BCUT2D eigenvalue weighted by atomic mass is 16.6. The van der Waals surface area contributed by atoms with Gasteiger partial charge in [-0.3, -0.25) is 0 Å². The Morgan fingerprint density at radius 3 is 2.09 bits per heavy atom. The third-order valence-corrected chi connectivity index (χ3v) is 5.52. The minimum Gasteiger partial charge on any atom is -0.442 e. The number of ether oxygens (including phenoxy) is 1. The van der Waals surface area contributed by atoms with Crippen molar-refractivity contribution in [2.75, 3.05) is 0 Å². The number of benzene rings is 3. The van der Waals surface area contributed by atoms with Crippen molar-refractivity contribution in [3.05, 3.63) is 84.4 Å². The van der Waals surface area contributed by atoms with E-state index in [2.05, 4.69) is 47.9 Å². The Balaban J connectivity index is 0.000000241. The number of unbranched alkanes of at least 4 members (excludes halogenated alkanes) is 1. The molecule has 1 amide bonds. The van der Waals surface area contributed by atoms with Crippen LogP contribution in [0.4, 0.5) is 4.79 Å². The van der Waals surface area contributed by atoms with Crippen molar-refractivity contribution >= 4 is 27.9 Å². The van der Waals surface area contributed by atoms with E-state index in [1.807, 2.05) is 59.2 Å². The largest absolute Gasteiger partial charge is 0.442 e. The van der Waals surface area contributed by atoms with Crippen molar-refractivity contribution in [3.63, 3.8) is 0 Å². The number of para-hydroxylation sites is 2. The van der Waals surface area contributed by atoms with Crippen molar-refractivity contribution in [1.82, 2.24) is 4.57 Å². The minimum atomic E-state index is -0.744. The molecule has 5 heteroatoms. The van der Waals surface area contributed by atoms with E-state index in [4.69, 9.17) is 10.5 Å². The van der Waals surface area contributed by atoms with Gasteiger partial charge in [0.15, 0.2) is 0 Å². The van der Waals surface area contributed by atoms with Gasteiger partial charge in [0.05, 0.1) is 11.0 Å². The standard InChI is InChI=1S/C21H19NO.C9H11NO2/c1-2-3-4-5-6-7-16-21(23)22-19-14-10-8-12-17(19)18-13-9-11-15-20(18)22;1-7(12-9(10)11)8-5-3-2-4-6-8/h8-15,21,23H,6-7,16H2,1H3;2-7H,1H3,(H2,10,11). The third kappa shape index (κ3) is 6.90. The lowest BCUT2D eigenvalue weighted by atomic mass is 10.1. The average Bonchev–Trinajstić information content (AvgIpc) is 3.21. The number of hydrogen-bond acceptors (Lipinski definition) is 3. The summed E-state index contributed by atoms with van der Waals surface area (Å²) in [6, 6.07) is 25.9. The van der Waals surface area contributed by atoms with Crippen LogP contribution in [0.1, 0.15) is 51.0 Å². The number of carbonyl (C=O) groups is 1. The number of carbonyl (C=O) groups excluding carboxylic acids is 1. The van der Waals surface area contributed by atoms with Gasteiger partial charge in [0, 0.05) is 17.2 Å². The Kier molecular flexibility index (Phi) is 9.37. The van der Waals surface area contributed by atoms with Gasteiger partial charge in [0.1, 0.15) is 12.3 Å². The van der Waals surface area contributed by atoms with Crippen LogP contribution in [-0.4, -0.2) is 15.8 Å². The number of amides is 1. The molecule has 3 N–H and O–H groups in total. The zero-order valence-corrected chi connectivity index (χ0v) is 20.1. The topological polar surface area (TPSA) is 77.5 Å². The number of aliphatic hydroxyl groups excluding tert-OH is 1. The minimum absolute atomic E-state index is 0.274. The summed E-state index contributed by atoms with van der Waals surface area (Å²) in [4.78, 5) is 10.4. The van der Waals surface area contributed by atoms with Crippen LogP contribution >= 0.6 is 0 Å². The predicted molar refractivity (Wildman–Crippen MR) is 141 cm³/mol. The van der Waals surface area contributed by atoms with Crippen molar-refractivity contribution in [3.8, 4) is 23.7 Å². The second kappa shape index (κ2) is 12.9. The van der Waals surface area contributed by atoms with Crippen molar-refractivity contribution in [1.29, 1.82) is 0 Å². The predicted octanol–water partition coefficient (Wildman–Crippen LogP) is 6.33. The number of nitrogens with zero attached hydrogens (tertiary/aromatic N) is 1. The molecule has 5 nitrogen and oxygen atoms in total. The van der Waals surface area contributed by atoms with Crippen LogP contribution in [0.5, 0.6) is 0 Å². The van der Waals surface area contributed by atoms with Gasteiger partial charge in [-0.25, -0.2) is 4.79 Å². The monoisotopic (exact) mass is 466 g/mol. The number of aliphatic hydroxyl groups is 1. The molecule has 0 aliphatic rings. The molecule has 0 fully saturated rings. The molecule has 1 heterocycles. The van der Waals surface area contributed by atoms with E-state index in [9.17, 15) is 9.90 Å². The first-order valence-corrected chi connectivity index (χ1v) is 11.6. The highest BCUT2D eigenvalue weighted by Crippen LogP contribution is 2.32. The lowest BCUT2D eigenvalue weighted by Crippen LogP contribution is -2.15. The lowest BCUT2D eigenvalue weighted by Gasteiger charge is -2.15. The van der Waals surface area contributed by atoms with E-state index < -0.39 is 12.3 Å². The molecule has 0 aliphatic carbocycles. The van der Waals surface area contributed by atoms with Gasteiger partial charge in [-0.2, -0.15) is 0 Å². The van der Waals surface area contributed by atoms with Crippen LogP contribution in [0.2, 0.25) is 0 Å². The molecule has 4 rings (SSSR count). The number of nitrogens with two attached hydrogens (primary N) is 1. The molecule has 2 atom stereocenters. The fourth-order valence-corrected chi connectivity index (χ4v) is 3.91. The van der Waals surface area contributed by atoms with Gasteiger partial charge >= 0.3 is 6.09 Å². The maximum Gasteiger partial charge on any atom is 0.405 e. The fourth-order valence-electron chi connectivity index (χ4n) is 3.91. The van der Waals surface area contributed by atoms with E-state index in [0.717, 1.165) is 29.4 Å². The SMILES string of the molecule is CC#CC#CCCCC(O)n1c2ccccc2c2ccccc21.CC(OC(N)=O)c1ccccc1. The Morgan fingerprint density at radius 1 is 0.943 bits per heavy atom. The maximum absolute atomic E-state index is 10.7. The van der Waals surface area contributed by atoms with Gasteiger partial charge < -0.3 is 20.1 Å². The lowest BCUT2D eigenvalue weighted by molar-refractivity contribution is 0.101. The van der Waals surface area contributed by atoms with Crippen LogP contribution in [0.25, 0.3) is 21.8 Å². The van der Waals surface area contributed by atoms with Gasteiger partial charge in [0.25, 0.3) is 0 Å². The third-order valence-electron chi connectivity index (χ3n) is 5.52. The molecular formula is C30H30N2O3. The normalized spacial score (nSPS) is 11.7. The summed E-state index contributed by atoms with van der Waals surface area (Å²) in [5.74, 6) is 11.3. The molecule has 0 radical (unpaired) electrons. The molecule has 4 aromatic rings. The summed E-state index contributed by atoms with van der Waals surface area (Å²) in [6.07, 6.45) is 0.717. The Hall–Kier alpha value is -4.19. The van der Waals surface area contributed by atoms with E-state index >= 15 is 0 Å². The first kappa shape index (κ1) is 25.4. The summed E-state index contributed by atoms with van der Waals surface area (Å²) >= 11 is 0. The smallest absolute Gasteiger partial charge is 0.405 e. The molecule has 1 aromatic heterocycles. The number of rotatable bonds is 6. The van der Waals surface area contributed by atoms with E-state index in [-0.39, 0.29) is 6.10 Å². The number of aromatic nitrogens is 1. The first-order valence-electron chi connectivity index (χ1n) is 11.6. The average molecular weight is 467 g/mol. The highest BCUT2D eigenvalue weighted by Gasteiger charge is 2.15. The number of primary amides is 1. The summed E-state index contributed by atoms with van der Waals surface area (Å²) in [5, 5.41) is 13.1. The number of hydrogen-bond donors (Lipinski definition) is 2. The molecule has 0 aliphatic heterocycles. The first-order chi connectivity index (χ1) is 17.0. The molecule has 35 heavy (non-hydrogen) atoms. The second-order valence-electron chi connectivity index (χ2n) is 7.94. The van der Waals surface area contributed by atoms with Crippen LogP contribution < -0.4 is 5.73 Å². The summed E-state index contributed by atoms with van der Waals surface area (Å²) < 4.78 is 6.81. The zero-order valence-electron chi connectivity index (χ0n) is 20.1. The quantitative estimate of drug-likeness (QED) is 0.258. The fraction of sp³-hybridized carbons (Fsp3) is 0.233. The Morgan fingerprint density at radius 2 is 1.51 bits per heavy atom. The summed E-state index contributed by atoms with van der Waals surface area (Å²) in [5.41, 5.74) is 7.96. The Bertz CT molecular complexity index is 1330. The molecule has 178 valence electrons. The summed E-state index contributed by atoms with van der Waals surface area (Å²) in [7, 11) is 0. The van der Waals surface area contributed by atoms with Crippen LogP contribution in [0.3, 0.4) is 0 Å². The van der Waals surface area contributed by atoms with Crippen LogP contribution in [0, 0.1) is 23.7 Å². The molecule has 0 spiro atoms. The second-order valence-corrected chi connectivity index (χ2v) is 7.94. The zero-order chi connectivity index (χ0) is 25.0. The van der Waals surface area contributed by atoms with Gasteiger partial charge in [0.2, 0.25) is 0 Å². The molecular weight excluding hydrogens is 436 g/mol. The van der Waals surface area contributed by atoms with E-state index in [1.54, 1.807) is 13.8 Å². The number of fused-ring (bicyclic) bond motifs is 3. The van der Waals surface area contributed by atoms with Crippen molar-refractivity contribution in [2.24, 2.45) is 5.73 Å². The van der Waals surface area contributed by atoms with Crippen molar-refractivity contribution < 1.29 is 14.6 Å². The maximum atomic E-state index is 10.7. The Labute approximate surface area is 206 Å². The van der Waals surface area contributed by atoms with Crippen LogP contribution in [-0.2, 0) is 4.74 Å². The van der Waals surface area contributed by atoms with Gasteiger partial charge in [-0.15, -0.1) is 0 Å². The highest BCUT2D eigenvalue weighted by molar-refractivity contribution is 6.08. The van der Waals surface area contributed by atoms with E-state index in [1.165, 1.54) is 10.8 Å². The van der Waals surface area contributed by atoms with Crippen molar-refractivity contribution in [2.45, 2.75) is 45.4 Å². The molecule has 0 saturated carbocycles. The van der Waals surface area contributed by atoms with Gasteiger partial charge in [-0.1, -0.05) is 78.6 Å². The molecule has 2 unspecified atom stereocenters. The summed E-state index contributed by atoms with van der Waals surface area (Å²) in [6.45, 7) is 3.56.